The lowest BCUT2D eigenvalue weighted by atomic mass is 10.3. The van der Waals surface area contributed by atoms with Crippen LogP contribution >= 0.6 is 0 Å². The lowest BCUT2D eigenvalue weighted by molar-refractivity contribution is -0.384. The Hall–Kier alpha value is -2.53. The summed E-state index contributed by atoms with van der Waals surface area (Å²) >= 11 is 0. The van der Waals surface area contributed by atoms with Gasteiger partial charge in [0.15, 0.2) is 0 Å². The molecule has 1 aromatic rings. The van der Waals surface area contributed by atoms with Gasteiger partial charge in [-0.2, -0.15) is 4.98 Å². The van der Waals surface area contributed by atoms with Crippen molar-refractivity contribution in [1.29, 1.82) is 0 Å². The first-order valence-corrected chi connectivity index (χ1v) is 4.65. The molecule has 1 aromatic heterocycles. The van der Waals surface area contributed by atoms with Crippen LogP contribution in [0.4, 0.5) is 17.5 Å². The molecule has 0 saturated carbocycles. The minimum atomic E-state index is -1.49. The minimum absolute atomic E-state index is 0.0586. The second kappa shape index (κ2) is 5.70. The van der Waals surface area contributed by atoms with Crippen molar-refractivity contribution in [2.75, 3.05) is 17.3 Å². The second-order valence-electron chi connectivity index (χ2n) is 3.13. The van der Waals surface area contributed by atoms with Crippen molar-refractivity contribution >= 4 is 23.4 Å². The van der Waals surface area contributed by atoms with Gasteiger partial charge < -0.3 is 16.2 Å². The molecule has 0 fully saturated rings. The average molecular weight is 257 g/mol. The number of carbonyl (C=O) groups excluding carboxylic acids is 1. The average Bonchev–Trinajstić information content (AvgIpc) is 2.34. The normalized spacial score (nSPS) is 11.7. The van der Waals surface area contributed by atoms with Crippen LogP contribution < -0.4 is 22.3 Å². The summed E-state index contributed by atoms with van der Waals surface area (Å²) in [5.41, 5.74) is 6.51. The molecule has 98 valence electrons. The van der Waals surface area contributed by atoms with E-state index in [2.05, 4.69) is 20.7 Å². The molecule has 1 heterocycles. The SMILES string of the molecule is NNc1ncc([N+](=O)[O-])c(NCC(O)C(N)=O)n1. The number of anilines is 2. The maximum Gasteiger partial charge on any atom is 0.329 e. The molecule has 0 bridgehead atoms. The van der Waals surface area contributed by atoms with E-state index in [1.165, 1.54) is 0 Å². The third-order valence-electron chi connectivity index (χ3n) is 1.89. The summed E-state index contributed by atoms with van der Waals surface area (Å²) in [6.07, 6.45) is -0.560. The second-order valence-corrected chi connectivity index (χ2v) is 3.13. The molecule has 1 unspecified atom stereocenters. The molecule has 0 saturated heterocycles. The van der Waals surface area contributed by atoms with Gasteiger partial charge in [0, 0.05) is 0 Å². The summed E-state index contributed by atoms with van der Waals surface area (Å²) in [7, 11) is 0. The highest BCUT2D eigenvalue weighted by Crippen LogP contribution is 2.21. The van der Waals surface area contributed by atoms with Crippen molar-refractivity contribution in [3.63, 3.8) is 0 Å². The third-order valence-corrected chi connectivity index (χ3v) is 1.89. The molecule has 11 nitrogen and oxygen atoms in total. The highest BCUT2D eigenvalue weighted by Gasteiger charge is 2.19. The molecule has 18 heavy (non-hydrogen) atoms. The molecule has 0 radical (unpaired) electrons. The van der Waals surface area contributed by atoms with Crippen LogP contribution in [0.15, 0.2) is 6.20 Å². The molecule has 0 spiro atoms. The van der Waals surface area contributed by atoms with E-state index in [4.69, 9.17) is 16.7 Å². The zero-order valence-corrected chi connectivity index (χ0v) is 9.03. The molecule has 0 aliphatic carbocycles. The Morgan fingerprint density at radius 1 is 1.67 bits per heavy atom. The van der Waals surface area contributed by atoms with E-state index in [-0.39, 0.29) is 18.3 Å². The number of nitrogens with zero attached hydrogens (tertiary/aromatic N) is 3. The van der Waals surface area contributed by atoms with Gasteiger partial charge in [-0.25, -0.2) is 10.8 Å². The van der Waals surface area contributed by atoms with Crippen molar-refractivity contribution in [1.82, 2.24) is 9.97 Å². The van der Waals surface area contributed by atoms with Crippen molar-refractivity contribution in [2.24, 2.45) is 11.6 Å². The minimum Gasteiger partial charge on any atom is -0.381 e. The molecule has 1 amide bonds. The highest BCUT2D eigenvalue weighted by molar-refractivity contribution is 5.79. The number of rotatable bonds is 6. The molecule has 0 aliphatic heterocycles. The van der Waals surface area contributed by atoms with Crippen LogP contribution in [0.1, 0.15) is 0 Å². The molecule has 0 aromatic carbocycles. The molecule has 0 aliphatic rings. The van der Waals surface area contributed by atoms with Crippen molar-refractivity contribution in [3.05, 3.63) is 16.3 Å². The lowest BCUT2D eigenvalue weighted by Gasteiger charge is -2.09. The smallest absolute Gasteiger partial charge is 0.329 e. The zero-order valence-electron chi connectivity index (χ0n) is 9.03. The van der Waals surface area contributed by atoms with Crippen LogP contribution in [0.2, 0.25) is 0 Å². The Bertz CT molecular complexity index is 465. The van der Waals surface area contributed by atoms with Gasteiger partial charge in [-0.05, 0) is 0 Å². The van der Waals surface area contributed by atoms with E-state index in [1.54, 1.807) is 0 Å². The van der Waals surface area contributed by atoms with E-state index in [9.17, 15) is 14.9 Å². The first-order valence-electron chi connectivity index (χ1n) is 4.65. The van der Waals surface area contributed by atoms with Gasteiger partial charge in [0.1, 0.15) is 12.3 Å². The van der Waals surface area contributed by atoms with E-state index < -0.39 is 22.6 Å². The van der Waals surface area contributed by atoms with Crippen LogP contribution in [0, 0.1) is 10.1 Å². The third kappa shape index (κ3) is 3.23. The number of carbonyl (C=O) groups is 1. The number of aliphatic hydroxyl groups is 1. The Labute approximate surface area is 100 Å². The Morgan fingerprint density at radius 2 is 2.33 bits per heavy atom. The van der Waals surface area contributed by atoms with Gasteiger partial charge in [0.05, 0.1) is 11.5 Å². The number of nitrogens with one attached hydrogen (secondary N) is 2. The van der Waals surface area contributed by atoms with Crippen molar-refractivity contribution in [2.45, 2.75) is 6.10 Å². The number of hydrogen-bond acceptors (Lipinski definition) is 9. The maximum absolute atomic E-state index is 10.7. The van der Waals surface area contributed by atoms with Crippen molar-refractivity contribution in [3.8, 4) is 0 Å². The maximum atomic E-state index is 10.7. The predicted molar refractivity (Wildman–Crippen MR) is 60.2 cm³/mol. The Kier molecular flexibility index (Phi) is 4.28. The topological polar surface area (TPSA) is 182 Å². The molecule has 7 N–H and O–H groups in total. The van der Waals surface area contributed by atoms with E-state index in [0.717, 1.165) is 6.20 Å². The summed E-state index contributed by atoms with van der Waals surface area (Å²) in [6, 6.07) is 0. The largest absolute Gasteiger partial charge is 0.381 e. The van der Waals surface area contributed by atoms with Crippen LogP contribution in [-0.2, 0) is 4.79 Å². The highest BCUT2D eigenvalue weighted by atomic mass is 16.6. The van der Waals surface area contributed by atoms with Gasteiger partial charge in [-0.3, -0.25) is 20.3 Å². The number of primary amides is 1. The molecule has 11 heteroatoms. The quantitative estimate of drug-likeness (QED) is 0.217. The van der Waals surface area contributed by atoms with Gasteiger partial charge in [0.2, 0.25) is 17.7 Å². The fourth-order valence-electron chi connectivity index (χ4n) is 1.00. The van der Waals surface area contributed by atoms with Crippen LogP contribution in [0.3, 0.4) is 0 Å². The summed E-state index contributed by atoms with van der Waals surface area (Å²) in [5.74, 6) is 3.84. The molecule has 1 rings (SSSR count). The fraction of sp³-hybridized carbons (Fsp3) is 0.286. The number of aliphatic hydroxyl groups excluding tert-OH is 1. The summed E-state index contributed by atoms with van der Waals surface area (Å²) in [5, 5.41) is 22.2. The number of aromatic nitrogens is 2. The van der Waals surface area contributed by atoms with Crippen LogP contribution in [0.25, 0.3) is 0 Å². The molecular formula is C7H11N7O4. The van der Waals surface area contributed by atoms with E-state index in [1.807, 2.05) is 0 Å². The molecular weight excluding hydrogens is 246 g/mol. The number of hydrogen-bond donors (Lipinski definition) is 5. The molecule has 1 atom stereocenters. The summed E-state index contributed by atoms with van der Waals surface area (Å²) in [4.78, 5) is 27.8. The first-order chi connectivity index (χ1) is 8.45. The number of nitro groups is 1. The summed E-state index contributed by atoms with van der Waals surface area (Å²) < 4.78 is 0. The standard InChI is InChI=1S/C7H11N7O4/c8-5(16)4(15)2-10-6-3(14(17)18)1-11-7(12-6)13-9/h1,4,15H,2,9H2,(H2,8,16)(H2,10,11,12,13). The van der Waals surface area contributed by atoms with Crippen LogP contribution in [0.5, 0.6) is 0 Å². The predicted octanol–water partition coefficient (Wildman–Crippen LogP) is -2.07. The van der Waals surface area contributed by atoms with Gasteiger partial charge in [-0.15, -0.1) is 0 Å². The number of nitrogens with two attached hydrogens (primary N) is 2. The number of hydrazine groups is 1. The monoisotopic (exact) mass is 257 g/mol. The van der Waals surface area contributed by atoms with Gasteiger partial charge in [0.25, 0.3) is 0 Å². The summed E-state index contributed by atoms with van der Waals surface area (Å²) in [6.45, 7) is -0.322. The lowest BCUT2D eigenvalue weighted by Crippen LogP contribution is -2.34. The van der Waals surface area contributed by atoms with Gasteiger partial charge in [-0.1, -0.05) is 0 Å². The van der Waals surface area contributed by atoms with E-state index >= 15 is 0 Å². The Morgan fingerprint density at radius 3 is 2.83 bits per heavy atom. The zero-order chi connectivity index (χ0) is 13.7. The Balaban J connectivity index is 2.90. The van der Waals surface area contributed by atoms with Crippen molar-refractivity contribution < 1.29 is 14.8 Å². The number of amides is 1. The fourth-order valence-corrected chi connectivity index (χ4v) is 1.00. The first kappa shape index (κ1) is 13.5. The van der Waals surface area contributed by atoms with E-state index in [0.29, 0.717) is 0 Å². The van der Waals surface area contributed by atoms with Crippen LogP contribution in [-0.4, -0.2) is 38.6 Å². The number of nitrogen functional groups attached to an aromatic ring is 1. The van der Waals surface area contributed by atoms with Gasteiger partial charge >= 0.3 is 5.69 Å².